The van der Waals surface area contributed by atoms with Crippen molar-refractivity contribution < 1.29 is 13.9 Å². The summed E-state index contributed by atoms with van der Waals surface area (Å²) in [6.07, 6.45) is 10.1. The van der Waals surface area contributed by atoms with Crippen molar-refractivity contribution in [3.63, 3.8) is 0 Å². The van der Waals surface area contributed by atoms with Crippen molar-refractivity contribution in [3.8, 4) is 22.8 Å². The number of nitrogens with zero attached hydrogens (tertiary/aromatic N) is 7. The maximum absolute atomic E-state index is 15.5. The molecular weight excluding hydrogens is 451 g/mol. The molecule has 0 saturated carbocycles. The molecule has 35 heavy (non-hydrogen) atoms. The Balaban J connectivity index is 1.91. The molecule has 0 amide bonds. The number of ether oxygens (including phenoxy) is 2. The normalized spacial score (nSPS) is 10.5. The van der Waals surface area contributed by atoms with Gasteiger partial charge in [0.05, 0.1) is 44.5 Å². The first kappa shape index (κ1) is 23.6. The first-order valence-corrected chi connectivity index (χ1v) is 10.7. The van der Waals surface area contributed by atoms with Crippen LogP contribution in [-0.2, 0) is 13.6 Å². The number of nitrogens with one attached hydrogen (secondary N) is 1. The molecule has 0 unspecified atom stereocenters. The molecule has 0 spiro atoms. The largest absolute Gasteiger partial charge is 0.497 e. The van der Waals surface area contributed by atoms with Crippen LogP contribution < -0.4 is 14.4 Å². The van der Waals surface area contributed by atoms with Crippen molar-refractivity contribution in [3.05, 3.63) is 78.9 Å². The van der Waals surface area contributed by atoms with E-state index in [-0.39, 0.29) is 18.0 Å². The summed E-state index contributed by atoms with van der Waals surface area (Å²) in [6.45, 7) is 1.95. The van der Waals surface area contributed by atoms with Gasteiger partial charge in [-0.25, -0.2) is 19.3 Å². The van der Waals surface area contributed by atoms with Gasteiger partial charge in [0.1, 0.15) is 23.2 Å². The van der Waals surface area contributed by atoms with E-state index in [0.29, 0.717) is 28.9 Å². The van der Waals surface area contributed by atoms with Crippen molar-refractivity contribution >= 4 is 11.5 Å². The van der Waals surface area contributed by atoms with Gasteiger partial charge in [-0.15, -0.1) is 0 Å². The minimum atomic E-state index is -0.563. The highest BCUT2D eigenvalue weighted by molar-refractivity contribution is 5.65. The Morgan fingerprint density at radius 2 is 1.97 bits per heavy atom. The summed E-state index contributed by atoms with van der Waals surface area (Å²) in [4.78, 5) is 22.7. The quantitative estimate of drug-likeness (QED) is 0.428. The highest BCUT2D eigenvalue weighted by Crippen LogP contribution is 2.36. The molecule has 10 nitrogen and oxygen atoms in total. The molecule has 3 aromatic heterocycles. The van der Waals surface area contributed by atoms with Crippen LogP contribution in [0.15, 0.2) is 61.4 Å². The molecule has 0 saturated heterocycles. The number of rotatable bonds is 7. The molecular formula is C24H25FN8O2. The summed E-state index contributed by atoms with van der Waals surface area (Å²) in [5.74, 6) is 1.38. The van der Waals surface area contributed by atoms with E-state index >= 15 is 4.39 Å². The standard InChI is InChI=1S/C24H25FN8O2/c1-16-30-19(17-12-29-32(2)14-17)13-26-7-5-6-23(31-16)33(15-22-27-8-9-28-22)20-10-18(34-3)11-21(35-4)24(20)25/h5-14H,15H2,1-4H3,(H,27,28). The molecule has 11 heteroatoms. The lowest BCUT2D eigenvalue weighted by Crippen LogP contribution is -2.20. The summed E-state index contributed by atoms with van der Waals surface area (Å²) in [6, 6.07) is 6.51. The van der Waals surface area contributed by atoms with Crippen molar-refractivity contribution in [1.29, 1.82) is 0 Å². The molecule has 1 aromatic carbocycles. The van der Waals surface area contributed by atoms with Crippen LogP contribution in [0.4, 0.5) is 15.9 Å². The number of benzene rings is 1. The zero-order valence-corrected chi connectivity index (χ0v) is 19.8. The van der Waals surface area contributed by atoms with E-state index in [2.05, 4.69) is 25.0 Å². The van der Waals surface area contributed by atoms with Gasteiger partial charge in [-0.2, -0.15) is 5.10 Å². The fourth-order valence-electron chi connectivity index (χ4n) is 3.41. The molecule has 1 N–H and O–H groups in total. The van der Waals surface area contributed by atoms with Crippen LogP contribution in [0.1, 0.15) is 11.6 Å². The molecule has 180 valence electrons. The Morgan fingerprint density at radius 3 is 2.66 bits per heavy atom. The average molecular weight is 477 g/mol. The van der Waals surface area contributed by atoms with Crippen molar-refractivity contribution in [2.45, 2.75) is 13.5 Å². The Bertz CT molecular complexity index is 1360. The second-order valence-electron chi connectivity index (χ2n) is 7.49. The number of hydrogen-bond donors (Lipinski definition) is 1. The fourth-order valence-corrected chi connectivity index (χ4v) is 3.41. The van der Waals surface area contributed by atoms with Crippen LogP contribution in [0.25, 0.3) is 11.3 Å². The molecule has 4 aromatic rings. The zero-order valence-electron chi connectivity index (χ0n) is 19.8. The van der Waals surface area contributed by atoms with Crippen LogP contribution in [0, 0.1) is 12.7 Å². The third-order valence-corrected chi connectivity index (χ3v) is 5.05. The number of aryl methyl sites for hydroxylation is 2. The molecule has 0 atom stereocenters. The first-order chi connectivity index (χ1) is 17.0. The van der Waals surface area contributed by atoms with Gasteiger partial charge in [-0.3, -0.25) is 9.67 Å². The van der Waals surface area contributed by atoms with Gasteiger partial charge in [0, 0.05) is 49.5 Å². The maximum atomic E-state index is 15.5. The smallest absolute Gasteiger partial charge is 0.188 e. The van der Waals surface area contributed by atoms with E-state index in [4.69, 9.17) is 14.5 Å². The Kier molecular flexibility index (Phi) is 7.15. The Hall–Kier alpha value is -4.54. The zero-order chi connectivity index (χ0) is 24.8. The number of hydrogen-bond acceptors (Lipinski definition) is 8. The van der Waals surface area contributed by atoms with Crippen molar-refractivity contribution in [2.24, 2.45) is 7.05 Å². The topological polar surface area (TPSA) is 107 Å². The third kappa shape index (κ3) is 5.52. The average Bonchev–Trinajstić information content (AvgIpc) is 3.53. The number of halogens is 1. The molecule has 0 radical (unpaired) electrons. The molecule has 0 aliphatic carbocycles. The Labute approximate surface area is 201 Å². The van der Waals surface area contributed by atoms with Crippen molar-refractivity contribution in [1.82, 2.24) is 34.7 Å². The van der Waals surface area contributed by atoms with Gasteiger partial charge < -0.3 is 19.4 Å². The van der Waals surface area contributed by atoms with E-state index in [0.717, 1.165) is 5.56 Å². The highest BCUT2D eigenvalue weighted by atomic mass is 19.1. The summed E-state index contributed by atoms with van der Waals surface area (Å²) in [7, 11) is 4.74. The number of methoxy groups -OCH3 is 2. The predicted octanol–water partition coefficient (Wildman–Crippen LogP) is 3.92. The number of aromatic amines is 1. The minimum Gasteiger partial charge on any atom is -0.497 e. The van der Waals surface area contributed by atoms with Crippen LogP contribution in [-0.4, -0.2) is 48.9 Å². The molecule has 3 heterocycles. The lowest BCUT2D eigenvalue weighted by molar-refractivity contribution is 0.374. The monoisotopic (exact) mass is 476 g/mol. The summed E-state index contributed by atoms with van der Waals surface area (Å²) < 4.78 is 27.8. The fraction of sp³-hybridized carbons (Fsp3) is 0.208. The SMILES string of the molecule is COc1cc(OC)c(F)c(N(Cc2ncc[nH]2)c2cccncc(-c3cnn(C)c3)nc(C)n2)c1. The summed E-state index contributed by atoms with van der Waals surface area (Å²) in [5.41, 5.74) is 1.59. The number of anilines is 2. The van der Waals surface area contributed by atoms with Crippen molar-refractivity contribution in [2.75, 3.05) is 19.1 Å². The third-order valence-electron chi connectivity index (χ3n) is 5.05. The van der Waals surface area contributed by atoms with E-state index in [9.17, 15) is 0 Å². The van der Waals surface area contributed by atoms with Crippen LogP contribution in [0.5, 0.6) is 11.5 Å². The predicted molar refractivity (Wildman–Crippen MR) is 128 cm³/mol. The number of aromatic nitrogens is 7. The van der Waals surface area contributed by atoms with E-state index < -0.39 is 5.82 Å². The van der Waals surface area contributed by atoms with Gasteiger partial charge in [-0.05, 0) is 19.1 Å². The van der Waals surface area contributed by atoms with E-state index in [1.807, 2.05) is 13.2 Å². The second-order valence-corrected chi connectivity index (χ2v) is 7.49. The molecule has 0 fully saturated rings. The lowest BCUT2D eigenvalue weighted by Gasteiger charge is -2.24. The van der Waals surface area contributed by atoms with Gasteiger partial charge in [0.2, 0.25) is 0 Å². The van der Waals surface area contributed by atoms with Gasteiger partial charge in [-0.1, -0.05) is 0 Å². The Morgan fingerprint density at radius 1 is 1.11 bits per heavy atom. The van der Waals surface area contributed by atoms with Crippen LogP contribution >= 0.6 is 0 Å². The molecule has 0 bridgehead atoms. The van der Waals surface area contributed by atoms with Gasteiger partial charge >= 0.3 is 0 Å². The maximum Gasteiger partial charge on any atom is 0.188 e. The second kappa shape index (κ2) is 10.6. The first-order valence-electron chi connectivity index (χ1n) is 10.7. The van der Waals surface area contributed by atoms with E-state index in [1.165, 1.54) is 20.3 Å². The van der Waals surface area contributed by atoms with Gasteiger partial charge in [0.25, 0.3) is 0 Å². The van der Waals surface area contributed by atoms with Crippen LogP contribution in [0.2, 0.25) is 0 Å². The summed E-state index contributed by atoms with van der Waals surface area (Å²) in [5, 5.41) is 4.20. The van der Waals surface area contributed by atoms with Crippen LogP contribution in [0.3, 0.4) is 0 Å². The van der Waals surface area contributed by atoms with Gasteiger partial charge in [0.15, 0.2) is 11.6 Å². The molecule has 4 rings (SSSR count). The number of imidazole rings is 1. The van der Waals surface area contributed by atoms with E-state index in [1.54, 1.807) is 65.7 Å². The lowest BCUT2D eigenvalue weighted by atomic mass is 10.2. The molecule has 0 aliphatic heterocycles. The summed E-state index contributed by atoms with van der Waals surface area (Å²) >= 11 is 0. The number of H-pyrrole nitrogens is 1. The minimum absolute atomic E-state index is 0.0435. The molecule has 0 aliphatic rings. The highest BCUT2D eigenvalue weighted by Gasteiger charge is 2.21.